The van der Waals surface area contributed by atoms with Crippen LogP contribution in [0, 0.1) is 0 Å². The summed E-state index contributed by atoms with van der Waals surface area (Å²) in [6.07, 6.45) is 2.76. The Balaban J connectivity index is 2.48. The minimum atomic E-state index is 0.673. The van der Waals surface area contributed by atoms with Crippen LogP contribution in [0.3, 0.4) is 0 Å². The molecule has 0 saturated carbocycles. The summed E-state index contributed by atoms with van der Waals surface area (Å²) >= 11 is 0. The van der Waals surface area contributed by atoms with Crippen LogP contribution in [0.25, 0.3) is 11.4 Å². The second-order valence-corrected chi connectivity index (χ2v) is 3.81. The predicted octanol–water partition coefficient (Wildman–Crippen LogP) is 1.95. The molecule has 0 aliphatic rings. The number of hydrogen-bond donors (Lipinski definition) is 1. The summed E-state index contributed by atoms with van der Waals surface area (Å²) in [5, 5.41) is 8.08. The van der Waals surface area contributed by atoms with Crippen molar-refractivity contribution in [1.29, 1.82) is 0 Å². The number of nitrogens with two attached hydrogens (primary N) is 1. The van der Waals surface area contributed by atoms with E-state index >= 15 is 0 Å². The standard InChI is InChI=1S/C12H16N4O/c1-3-6-16-8-14-15-12(16)10-5-4-9(13)7-11(10)17-2/h4-5,7-8H,3,6,13H2,1-2H3. The topological polar surface area (TPSA) is 66.0 Å². The van der Waals surface area contributed by atoms with Crippen molar-refractivity contribution in [3.63, 3.8) is 0 Å². The first kappa shape index (κ1) is 11.4. The van der Waals surface area contributed by atoms with E-state index in [9.17, 15) is 0 Å². The molecule has 90 valence electrons. The third kappa shape index (κ3) is 2.22. The van der Waals surface area contributed by atoms with Crippen LogP contribution >= 0.6 is 0 Å². The van der Waals surface area contributed by atoms with Crippen molar-refractivity contribution in [2.75, 3.05) is 12.8 Å². The van der Waals surface area contributed by atoms with Gasteiger partial charge in [0.25, 0.3) is 0 Å². The molecular weight excluding hydrogens is 216 g/mol. The normalized spacial score (nSPS) is 10.5. The number of benzene rings is 1. The van der Waals surface area contributed by atoms with Gasteiger partial charge in [-0.25, -0.2) is 0 Å². The van der Waals surface area contributed by atoms with Crippen molar-refractivity contribution in [2.45, 2.75) is 19.9 Å². The van der Waals surface area contributed by atoms with E-state index < -0.39 is 0 Å². The Hall–Kier alpha value is -2.04. The number of nitrogen functional groups attached to an aromatic ring is 1. The van der Waals surface area contributed by atoms with E-state index in [1.54, 1.807) is 19.5 Å². The van der Waals surface area contributed by atoms with E-state index in [2.05, 4.69) is 17.1 Å². The lowest BCUT2D eigenvalue weighted by molar-refractivity contribution is 0.416. The van der Waals surface area contributed by atoms with E-state index in [4.69, 9.17) is 10.5 Å². The molecule has 1 aromatic carbocycles. The zero-order valence-corrected chi connectivity index (χ0v) is 10.1. The monoisotopic (exact) mass is 232 g/mol. The SMILES string of the molecule is CCCn1cnnc1-c1ccc(N)cc1OC. The molecular formula is C12H16N4O. The molecule has 2 aromatic rings. The Bertz CT molecular complexity index is 507. The molecule has 5 heteroatoms. The van der Waals surface area contributed by atoms with Crippen LogP contribution in [0.5, 0.6) is 5.75 Å². The minimum absolute atomic E-state index is 0.673. The second-order valence-electron chi connectivity index (χ2n) is 3.81. The highest BCUT2D eigenvalue weighted by Crippen LogP contribution is 2.30. The van der Waals surface area contributed by atoms with Gasteiger partial charge < -0.3 is 15.0 Å². The van der Waals surface area contributed by atoms with Gasteiger partial charge in [-0.05, 0) is 18.6 Å². The molecule has 2 rings (SSSR count). The highest BCUT2D eigenvalue weighted by atomic mass is 16.5. The number of aryl methyl sites for hydroxylation is 1. The average molecular weight is 232 g/mol. The van der Waals surface area contributed by atoms with Crippen molar-refractivity contribution in [3.8, 4) is 17.1 Å². The number of methoxy groups -OCH3 is 1. The molecule has 0 unspecified atom stereocenters. The van der Waals surface area contributed by atoms with E-state index in [0.717, 1.165) is 30.1 Å². The fraction of sp³-hybridized carbons (Fsp3) is 0.333. The molecule has 0 fully saturated rings. The number of hydrogen-bond acceptors (Lipinski definition) is 4. The highest BCUT2D eigenvalue weighted by molar-refractivity contribution is 5.68. The van der Waals surface area contributed by atoms with Crippen LogP contribution in [0.15, 0.2) is 24.5 Å². The summed E-state index contributed by atoms with van der Waals surface area (Å²) in [5.74, 6) is 1.53. The van der Waals surface area contributed by atoms with Gasteiger partial charge in [0, 0.05) is 18.3 Å². The molecule has 2 N–H and O–H groups in total. The number of rotatable bonds is 4. The first-order valence-corrected chi connectivity index (χ1v) is 5.58. The van der Waals surface area contributed by atoms with Gasteiger partial charge in [0.2, 0.25) is 0 Å². The molecule has 1 aromatic heterocycles. The molecule has 0 saturated heterocycles. The molecule has 0 atom stereocenters. The molecule has 1 heterocycles. The predicted molar refractivity (Wildman–Crippen MR) is 66.7 cm³/mol. The second kappa shape index (κ2) is 4.86. The third-order valence-electron chi connectivity index (χ3n) is 2.55. The molecule has 0 spiro atoms. The lowest BCUT2D eigenvalue weighted by Crippen LogP contribution is -2.00. The van der Waals surface area contributed by atoms with Crippen molar-refractivity contribution in [3.05, 3.63) is 24.5 Å². The smallest absolute Gasteiger partial charge is 0.167 e. The number of ether oxygens (including phenoxy) is 1. The van der Waals surface area contributed by atoms with E-state index in [0.29, 0.717) is 5.69 Å². The molecule has 17 heavy (non-hydrogen) atoms. The number of nitrogens with zero attached hydrogens (tertiary/aromatic N) is 3. The summed E-state index contributed by atoms with van der Waals surface area (Å²) < 4.78 is 7.33. The average Bonchev–Trinajstić information content (AvgIpc) is 2.77. The van der Waals surface area contributed by atoms with Gasteiger partial charge in [0.15, 0.2) is 5.82 Å². The first-order valence-electron chi connectivity index (χ1n) is 5.58. The molecule has 0 amide bonds. The van der Waals surface area contributed by atoms with Crippen molar-refractivity contribution in [2.24, 2.45) is 0 Å². The van der Waals surface area contributed by atoms with Crippen LogP contribution in [0.4, 0.5) is 5.69 Å². The number of anilines is 1. The Morgan fingerprint density at radius 2 is 2.24 bits per heavy atom. The van der Waals surface area contributed by atoms with Crippen LogP contribution < -0.4 is 10.5 Å². The van der Waals surface area contributed by atoms with Crippen molar-refractivity contribution in [1.82, 2.24) is 14.8 Å². The Labute approximate surface area is 100 Å². The molecule has 0 aliphatic carbocycles. The molecule has 5 nitrogen and oxygen atoms in total. The quantitative estimate of drug-likeness (QED) is 0.818. The molecule has 0 aliphatic heterocycles. The van der Waals surface area contributed by atoms with Gasteiger partial charge >= 0.3 is 0 Å². The lowest BCUT2D eigenvalue weighted by Gasteiger charge is -2.10. The summed E-state index contributed by atoms with van der Waals surface area (Å²) in [5.41, 5.74) is 7.31. The van der Waals surface area contributed by atoms with Gasteiger partial charge in [0.1, 0.15) is 12.1 Å². The van der Waals surface area contributed by atoms with Crippen molar-refractivity contribution < 1.29 is 4.74 Å². The maximum Gasteiger partial charge on any atom is 0.167 e. The molecule has 0 radical (unpaired) electrons. The summed E-state index contributed by atoms with van der Waals surface area (Å²) in [7, 11) is 1.62. The fourth-order valence-electron chi connectivity index (χ4n) is 1.76. The summed E-state index contributed by atoms with van der Waals surface area (Å²) in [6.45, 7) is 3.00. The van der Waals surface area contributed by atoms with Gasteiger partial charge in [0.05, 0.1) is 12.7 Å². The van der Waals surface area contributed by atoms with E-state index in [-0.39, 0.29) is 0 Å². The zero-order valence-electron chi connectivity index (χ0n) is 10.1. The Morgan fingerprint density at radius 3 is 2.94 bits per heavy atom. The lowest BCUT2D eigenvalue weighted by atomic mass is 10.1. The van der Waals surface area contributed by atoms with Crippen molar-refractivity contribution >= 4 is 5.69 Å². The summed E-state index contributed by atoms with van der Waals surface area (Å²) in [4.78, 5) is 0. The van der Waals surface area contributed by atoms with Crippen LogP contribution in [-0.2, 0) is 6.54 Å². The van der Waals surface area contributed by atoms with Gasteiger partial charge in [-0.15, -0.1) is 10.2 Å². The zero-order chi connectivity index (χ0) is 12.3. The van der Waals surface area contributed by atoms with Crippen LogP contribution in [-0.4, -0.2) is 21.9 Å². The maximum atomic E-state index is 5.73. The van der Waals surface area contributed by atoms with Crippen LogP contribution in [0.2, 0.25) is 0 Å². The van der Waals surface area contributed by atoms with Crippen LogP contribution in [0.1, 0.15) is 13.3 Å². The highest BCUT2D eigenvalue weighted by Gasteiger charge is 2.12. The van der Waals surface area contributed by atoms with E-state index in [1.165, 1.54) is 0 Å². The summed E-state index contributed by atoms with van der Waals surface area (Å²) in [6, 6.07) is 5.54. The first-order chi connectivity index (χ1) is 8.26. The minimum Gasteiger partial charge on any atom is -0.496 e. The third-order valence-corrected chi connectivity index (χ3v) is 2.55. The van der Waals surface area contributed by atoms with Gasteiger partial charge in [-0.3, -0.25) is 0 Å². The van der Waals surface area contributed by atoms with Gasteiger partial charge in [-0.1, -0.05) is 6.92 Å². The Morgan fingerprint density at radius 1 is 1.41 bits per heavy atom. The Kier molecular flexibility index (Phi) is 3.27. The maximum absolute atomic E-state index is 5.73. The fourth-order valence-corrected chi connectivity index (χ4v) is 1.76. The van der Waals surface area contributed by atoms with Gasteiger partial charge in [-0.2, -0.15) is 0 Å². The van der Waals surface area contributed by atoms with E-state index in [1.807, 2.05) is 16.7 Å². The molecule has 0 bridgehead atoms. The largest absolute Gasteiger partial charge is 0.496 e. The number of aromatic nitrogens is 3.